The summed E-state index contributed by atoms with van der Waals surface area (Å²) in [5, 5.41) is 11.1. The van der Waals surface area contributed by atoms with Gasteiger partial charge in [-0.3, -0.25) is 0 Å². The van der Waals surface area contributed by atoms with E-state index in [4.69, 9.17) is 0 Å². The van der Waals surface area contributed by atoms with Crippen LogP contribution in [-0.4, -0.2) is 29.0 Å². The van der Waals surface area contributed by atoms with Gasteiger partial charge in [-0.05, 0) is 0 Å². The Morgan fingerprint density at radius 3 is 1.27 bits per heavy atom. The van der Waals surface area contributed by atoms with E-state index in [0.29, 0.717) is 29.0 Å². The molecule has 6 rings (SSSR count). The second-order valence-corrected chi connectivity index (χ2v) is 15.0. The maximum atomic E-state index is 3.70. The van der Waals surface area contributed by atoms with Gasteiger partial charge in [-0.15, -0.1) is 0 Å². The molecule has 0 atom stereocenters. The van der Waals surface area contributed by atoms with E-state index >= 15 is 0 Å². The molecule has 26 heavy (non-hydrogen) atoms. The van der Waals surface area contributed by atoms with E-state index < -0.39 is 0 Å². The molecule has 0 aliphatic rings. The number of rotatable bonds is 0. The zero-order valence-electron chi connectivity index (χ0n) is 13.3. The van der Waals surface area contributed by atoms with Crippen LogP contribution in [-0.2, 0) is 0 Å². The van der Waals surface area contributed by atoms with Gasteiger partial charge in [0.15, 0.2) is 0 Å². The second-order valence-electron chi connectivity index (χ2n) is 6.49. The first kappa shape index (κ1) is 16.1. The number of benzene rings is 4. The van der Waals surface area contributed by atoms with Crippen LogP contribution in [0.3, 0.4) is 0 Å². The molecule has 0 aliphatic heterocycles. The summed E-state index contributed by atoms with van der Waals surface area (Å²) in [5.41, 5.74) is 0. The fourth-order valence-corrected chi connectivity index (χ4v) is 9.98. The third-order valence-corrected chi connectivity index (χ3v) is 11.3. The molecule has 0 saturated heterocycles. The summed E-state index contributed by atoms with van der Waals surface area (Å²) in [4.78, 5) is 0. The van der Waals surface area contributed by atoms with E-state index in [1.807, 2.05) is 0 Å². The van der Waals surface area contributed by atoms with Crippen LogP contribution in [0.25, 0.3) is 51.6 Å². The van der Waals surface area contributed by atoms with Crippen LogP contribution in [0.5, 0.6) is 0 Å². The first-order chi connectivity index (χ1) is 12.7. The van der Waals surface area contributed by atoms with Gasteiger partial charge in [0.2, 0.25) is 0 Å². The third-order valence-electron chi connectivity index (χ3n) is 5.09. The molecule has 0 N–H and O–H groups in total. The SMILES string of the molecule is Brc1cc2ccc3c4ccc5c(ccc6cc(Br)[se]c65)c4ccc3c2[se]1. The predicted molar refractivity (Wildman–Crippen MR) is 123 cm³/mol. The first-order valence-corrected chi connectivity index (χ1v) is 13.3. The summed E-state index contributed by atoms with van der Waals surface area (Å²) < 4.78 is 5.69. The van der Waals surface area contributed by atoms with Gasteiger partial charge in [-0.1, -0.05) is 0 Å². The van der Waals surface area contributed by atoms with Gasteiger partial charge in [0.05, 0.1) is 0 Å². The molecule has 2 heterocycles. The molecule has 124 valence electrons. The summed E-state index contributed by atoms with van der Waals surface area (Å²) in [6.07, 6.45) is 0. The van der Waals surface area contributed by atoms with Crippen LogP contribution >= 0.6 is 31.9 Å². The quantitative estimate of drug-likeness (QED) is 0.131. The zero-order valence-corrected chi connectivity index (χ0v) is 19.9. The molecule has 0 radical (unpaired) electrons. The summed E-state index contributed by atoms with van der Waals surface area (Å²) in [6.45, 7) is 0. The molecule has 6 aromatic rings. The summed E-state index contributed by atoms with van der Waals surface area (Å²) in [6, 6.07) is 23.1. The van der Waals surface area contributed by atoms with Gasteiger partial charge < -0.3 is 0 Å². The molecule has 0 spiro atoms. The zero-order chi connectivity index (χ0) is 17.4. The molecule has 0 fully saturated rings. The van der Waals surface area contributed by atoms with E-state index in [2.05, 4.69) is 92.5 Å². The van der Waals surface area contributed by atoms with Gasteiger partial charge in [-0.25, -0.2) is 0 Å². The summed E-state index contributed by atoms with van der Waals surface area (Å²) >= 11 is 8.18. The third kappa shape index (κ3) is 2.24. The van der Waals surface area contributed by atoms with Crippen molar-refractivity contribution in [2.24, 2.45) is 0 Å². The Labute approximate surface area is 178 Å². The molecular weight excluding hydrogens is 582 g/mol. The van der Waals surface area contributed by atoms with E-state index in [1.54, 1.807) is 0 Å². The van der Waals surface area contributed by atoms with Gasteiger partial charge in [0, 0.05) is 0 Å². The number of hydrogen-bond acceptors (Lipinski definition) is 0. The Kier molecular flexibility index (Phi) is 3.61. The van der Waals surface area contributed by atoms with Crippen molar-refractivity contribution < 1.29 is 0 Å². The van der Waals surface area contributed by atoms with Gasteiger partial charge in [0.1, 0.15) is 0 Å². The van der Waals surface area contributed by atoms with E-state index in [0.717, 1.165) is 0 Å². The average Bonchev–Trinajstić information content (AvgIpc) is 3.21. The Morgan fingerprint density at radius 1 is 0.462 bits per heavy atom. The molecule has 2 aromatic heterocycles. The number of halogens is 2. The first-order valence-electron chi connectivity index (χ1n) is 8.24. The monoisotopic (exact) mass is 592 g/mol. The van der Waals surface area contributed by atoms with E-state index in [-0.39, 0.29) is 0 Å². The van der Waals surface area contributed by atoms with Crippen molar-refractivity contribution >= 4 is 112 Å². The minimum atomic E-state index is 0.390. The standard InChI is InChI=1S/C22H10Br2Se2/c23-19-9-11-1-3-15-13-5-8-18-16(4-2-12-10-20(24)26-22(12)18)14(13)6-7-17(15)21(11)25-19/h1-10H. The van der Waals surface area contributed by atoms with Crippen molar-refractivity contribution in [1.29, 1.82) is 0 Å². The van der Waals surface area contributed by atoms with Crippen molar-refractivity contribution in [3.05, 3.63) is 67.4 Å². The average molecular weight is 592 g/mol. The van der Waals surface area contributed by atoms with Crippen molar-refractivity contribution in [3.63, 3.8) is 0 Å². The fourth-order valence-electron chi connectivity index (χ4n) is 3.97. The fraction of sp³-hybridized carbons (Fsp3) is 0. The maximum absolute atomic E-state index is 3.70. The summed E-state index contributed by atoms with van der Waals surface area (Å²) in [7, 11) is 0. The predicted octanol–water partition coefficient (Wildman–Crippen LogP) is 7.09. The van der Waals surface area contributed by atoms with Crippen LogP contribution in [0.2, 0.25) is 0 Å². The minimum absolute atomic E-state index is 0.390. The van der Waals surface area contributed by atoms with Crippen LogP contribution in [0, 0.1) is 0 Å². The van der Waals surface area contributed by atoms with Gasteiger partial charge in [-0.2, -0.15) is 0 Å². The Hall–Kier alpha value is -0.861. The van der Waals surface area contributed by atoms with E-state index in [1.165, 1.54) is 58.3 Å². The molecule has 0 aliphatic carbocycles. The van der Waals surface area contributed by atoms with Crippen molar-refractivity contribution in [2.45, 2.75) is 0 Å². The number of hydrogen-bond donors (Lipinski definition) is 0. The molecule has 0 unspecified atom stereocenters. The van der Waals surface area contributed by atoms with Crippen molar-refractivity contribution in [2.75, 3.05) is 0 Å². The molecular formula is C22H10Br2Se2. The molecule has 0 saturated carbocycles. The Bertz CT molecular complexity index is 1390. The molecule has 0 nitrogen and oxygen atoms in total. The van der Waals surface area contributed by atoms with Crippen molar-refractivity contribution in [1.82, 2.24) is 0 Å². The Morgan fingerprint density at radius 2 is 0.808 bits per heavy atom. The van der Waals surface area contributed by atoms with Crippen molar-refractivity contribution in [3.8, 4) is 0 Å². The van der Waals surface area contributed by atoms with Gasteiger partial charge >= 0.3 is 180 Å². The van der Waals surface area contributed by atoms with E-state index in [9.17, 15) is 0 Å². The summed E-state index contributed by atoms with van der Waals surface area (Å²) in [5.74, 6) is 0. The van der Waals surface area contributed by atoms with Gasteiger partial charge in [0.25, 0.3) is 0 Å². The second kappa shape index (κ2) is 5.82. The van der Waals surface area contributed by atoms with Crippen LogP contribution in [0.1, 0.15) is 0 Å². The molecule has 4 heteroatoms. The van der Waals surface area contributed by atoms with Crippen LogP contribution in [0.4, 0.5) is 0 Å². The molecule has 0 amide bonds. The molecule has 4 aromatic carbocycles. The number of fused-ring (bicyclic) bond motifs is 9. The molecule has 0 bridgehead atoms. The topological polar surface area (TPSA) is 0 Å². The Balaban J connectivity index is 1.81. The normalized spacial score (nSPS) is 12.2. The van der Waals surface area contributed by atoms with Crippen LogP contribution in [0.15, 0.2) is 67.4 Å². The van der Waals surface area contributed by atoms with Crippen LogP contribution < -0.4 is 0 Å².